The van der Waals surface area contributed by atoms with Gasteiger partial charge in [0.05, 0.1) is 43.1 Å². The fraction of sp³-hybridized carbons (Fsp3) is 0.273. The topological polar surface area (TPSA) is 126 Å². The Morgan fingerprint density at radius 2 is 1.75 bits per heavy atom. The summed E-state index contributed by atoms with van der Waals surface area (Å²) >= 11 is 0. The number of carbonyl (C=O) groups is 2. The van der Waals surface area contributed by atoms with Crippen LogP contribution in [0, 0.1) is 10.1 Å². The summed E-state index contributed by atoms with van der Waals surface area (Å²) in [6.45, 7) is 3.18. The molecule has 0 saturated carbocycles. The monoisotopic (exact) mass is 444 g/mol. The van der Waals surface area contributed by atoms with E-state index in [4.69, 9.17) is 18.9 Å². The predicted octanol–water partition coefficient (Wildman–Crippen LogP) is 4.33. The Kier molecular flexibility index (Phi) is 8.58. The lowest BCUT2D eigenvalue weighted by Gasteiger charge is -2.12. The van der Waals surface area contributed by atoms with E-state index in [2.05, 4.69) is 5.32 Å². The largest absolute Gasteiger partial charge is 0.493 e. The maximum absolute atomic E-state index is 12.3. The van der Waals surface area contributed by atoms with E-state index in [1.54, 1.807) is 44.2 Å². The number of nitrogens with zero attached hydrogens (tertiary/aromatic N) is 1. The van der Waals surface area contributed by atoms with Crippen LogP contribution in [0.1, 0.15) is 25.0 Å². The van der Waals surface area contributed by atoms with Crippen LogP contribution in [0.15, 0.2) is 42.0 Å². The van der Waals surface area contributed by atoms with Crippen molar-refractivity contribution < 1.29 is 33.5 Å². The maximum Gasteiger partial charge on any atom is 0.411 e. The summed E-state index contributed by atoms with van der Waals surface area (Å²) in [5, 5.41) is 14.0. The minimum Gasteiger partial charge on any atom is -0.493 e. The fourth-order valence-corrected chi connectivity index (χ4v) is 2.76. The van der Waals surface area contributed by atoms with E-state index in [1.807, 2.05) is 0 Å². The quantitative estimate of drug-likeness (QED) is 0.262. The normalized spacial score (nSPS) is 10.8. The van der Waals surface area contributed by atoms with Gasteiger partial charge in [0.1, 0.15) is 6.61 Å². The Bertz CT molecular complexity index is 1030. The van der Waals surface area contributed by atoms with E-state index in [-0.39, 0.29) is 36.0 Å². The van der Waals surface area contributed by atoms with Gasteiger partial charge in [-0.3, -0.25) is 15.4 Å². The van der Waals surface area contributed by atoms with E-state index in [0.717, 1.165) is 0 Å². The van der Waals surface area contributed by atoms with Gasteiger partial charge >= 0.3 is 12.1 Å². The fourth-order valence-electron chi connectivity index (χ4n) is 2.76. The number of carbonyl (C=O) groups excluding carboxylic acids is 2. The van der Waals surface area contributed by atoms with Crippen LogP contribution in [-0.2, 0) is 20.9 Å². The number of rotatable bonds is 9. The molecule has 0 unspecified atom stereocenters. The molecule has 0 heterocycles. The van der Waals surface area contributed by atoms with Crippen molar-refractivity contribution in [3.8, 4) is 11.5 Å². The smallest absolute Gasteiger partial charge is 0.411 e. The average Bonchev–Trinajstić information content (AvgIpc) is 2.78. The molecule has 0 aliphatic heterocycles. The van der Waals surface area contributed by atoms with Crippen molar-refractivity contribution in [2.45, 2.75) is 20.5 Å². The van der Waals surface area contributed by atoms with Crippen molar-refractivity contribution in [2.75, 3.05) is 26.1 Å². The van der Waals surface area contributed by atoms with E-state index in [9.17, 15) is 19.7 Å². The van der Waals surface area contributed by atoms with Crippen molar-refractivity contribution in [3.05, 3.63) is 63.2 Å². The molecule has 10 nitrogen and oxygen atoms in total. The number of nitro groups is 1. The van der Waals surface area contributed by atoms with E-state index in [1.165, 1.54) is 26.4 Å². The number of nitro benzene ring substituents is 1. The standard InChI is InChI=1S/C22H24N2O8/c1-5-31-21(25)14(2)10-15-8-6-7-9-17(15)23-22(26)32-13-16-11-19(29-3)20(30-4)12-18(16)24(27)28/h6-12H,5,13H2,1-4H3,(H,23,26)/b14-10+. The van der Waals surface area contributed by atoms with Gasteiger partial charge in [-0.2, -0.15) is 0 Å². The summed E-state index contributed by atoms with van der Waals surface area (Å²) in [6.07, 6.45) is 0.746. The van der Waals surface area contributed by atoms with Gasteiger partial charge in [0, 0.05) is 5.57 Å². The SMILES string of the molecule is CCOC(=O)/C(C)=C/c1ccccc1NC(=O)OCc1cc(OC)c(OC)cc1[N+](=O)[O-]. The average molecular weight is 444 g/mol. The number of methoxy groups -OCH3 is 2. The highest BCUT2D eigenvalue weighted by Crippen LogP contribution is 2.34. The summed E-state index contributed by atoms with van der Waals surface area (Å²) in [5.74, 6) is -0.0160. The Hall–Kier alpha value is -4.08. The van der Waals surface area contributed by atoms with Crippen molar-refractivity contribution in [2.24, 2.45) is 0 Å². The highest BCUT2D eigenvalue weighted by Gasteiger charge is 2.21. The van der Waals surface area contributed by atoms with E-state index < -0.39 is 17.0 Å². The van der Waals surface area contributed by atoms with Crippen LogP contribution in [0.5, 0.6) is 11.5 Å². The number of hydrogen-bond donors (Lipinski definition) is 1. The van der Waals surface area contributed by atoms with E-state index >= 15 is 0 Å². The lowest BCUT2D eigenvalue weighted by Crippen LogP contribution is -2.15. The molecule has 2 rings (SSSR count). The highest BCUT2D eigenvalue weighted by atomic mass is 16.6. The van der Waals surface area contributed by atoms with Crippen molar-refractivity contribution >= 4 is 29.5 Å². The number of hydrogen-bond acceptors (Lipinski definition) is 8. The molecular weight excluding hydrogens is 420 g/mol. The zero-order chi connectivity index (χ0) is 23.7. The maximum atomic E-state index is 12.3. The lowest BCUT2D eigenvalue weighted by molar-refractivity contribution is -0.385. The first-order valence-corrected chi connectivity index (χ1v) is 9.58. The number of anilines is 1. The third kappa shape index (κ3) is 6.21. The van der Waals surface area contributed by atoms with Crippen molar-refractivity contribution in [1.82, 2.24) is 0 Å². The van der Waals surface area contributed by atoms with Gasteiger partial charge in [0.15, 0.2) is 11.5 Å². The second-order valence-corrected chi connectivity index (χ2v) is 6.43. The van der Waals surface area contributed by atoms with Crippen LogP contribution in [0.25, 0.3) is 6.08 Å². The minimum absolute atomic E-state index is 0.133. The first-order valence-electron chi connectivity index (χ1n) is 9.58. The number of benzene rings is 2. The van der Waals surface area contributed by atoms with Crippen LogP contribution in [0.2, 0.25) is 0 Å². The van der Waals surface area contributed by atoms with Gasteiger partial charge in [-0.15, -0.1) is 0 Å². The van der Waals surface area contributed by atoms with Crippen LogP contribution < -0.4 is 14.8 Å². The molecule has 1 amide bonds. The molecule has 0 fully saturated rings. The molecule has 2 aromatic carbocycles. The second-order valence-electron chi connectivity index (χ2n) is 6.43. The van der Waals surface area contributed by atoms with Gasteiger partial charge in [-0.05, 0) is 37.6 Å². The van der Waals surface area contributed by atoms with Gasteiger partial charge in [0.2, 0.25) is 0 Å². The van der Waals surface area contributed by atoms with Crippen LogP contribution >= 0.6 is 0 Å². The summed E-state index contributed by atoms with van der Waals surface area (Å²) in [6, 6.07) is 9.36. The number of esters is 1. The molecule has 170 valence electrons. The molecule has 0 atom stereocenters. The molecule has 0 aromatic heterocycles. The zero-order valence-corrected chi connectivity index (χ0v) is 18.2. The second kappa shape index (κ2) is 11.3. The molecule has 0 bridgehead atoms. The minimum atomic E-state index is -0.830. The third-order valence-corrected chi connectivity index (χ3v) is 4.31. The van der Waals surface area contributed by atoms with Gasteiger partial charge < -0.3 is 18.9 Å². The molecule has 0 radical (unpaired) electrons. The Morgan fingerprint density at radius 3 is 2.38 bits per heavy atom. The van der Waals surface area contributed by atoms with E-state index in [0.29, 0.717) is 16.8 Å². The van der Waals surface area contributed by atoms with Crippen LogP contribution in [0.4, 0.5) is 16.2 Å². The summed E-state index contributed by atoms with van der Waals surface area (Å²) < 4.78 is 20.4. The number of amides is 1. The summed E-state index contributed by atoms with van der Waals surface area (Å²) in [4.78, 5) is 35.0. The molecule has 0 aliphatic rings. The number of ether oxygens (including phenoxy) is 4. The molecule has 0 saturated heterocycles. The van der Waals surface area contributed by atoms with Gasteiger partial charge in [-0.25, -0.2) is 9.59 Å². The van der Waals surface area contributed by atoms with Crippen molar-refractivity contribution in [1.29, 1.82) is 0 Å². The predicted molar refractivity (Wildman–Crippen MR) is 117 cm³/mol. The number of nitrogens with one attached hydrogen (secondary N) is 1. The summed E-state index contributed by atoms with van der Waals surface area (Å²) in [5.41, 5.74) is 1.17. The third-order valence-electron chi connectivity index (χ3n) is 4.31. The zero-order valence-electron chi connectivity index (χ0n) is 18.2. The van der Waals surface area contributed by atoms with Crippen LogP contribution in [-0.4, -0.2) is 37.8 Å². The first kappa shape index (κ1) is 24.2. The molecule has 10 heteroatoms. The molecule has 1 N–H and O–H groups in total. The van der Waals surface area contributed by atoms with Crippen LogP contribution in [0.3, 0.4) is 0 Å². The van der Waals surface area contributed by atoms with Gasteiger partial charge in [0.25, 0.3) is 5.69 Å². The molecule has 32 heavy (non-hydrogen) atoms. The molecule has 0 spiro atoms. The Balaban J connectivity index is 2.17. The Morgan fingerprint density at radius 1 is 1.09 bits per heavy atom. The highest BCUT2D eigenvalue weighted by molar-refractivity contribution is 5.95. The Labute approximate surface area is 184 Å². The molecule has 2 aromatic rings. The molecule has 0 aliphatic carbocycles. The first-order chi connectivity index (χ1) is 15.3. The van der Waals surface area contributed by atoms with Gasteiger partial charge in [-0.1, -0.05) is 18.2 Å². The number of para-hydroxylation sites is 1. The van der Waals surface area contributed by atoms with Crippen molar-refractivity contribution in [3.63, 3.8) is 0 Å². The lowest BCUT2D eigenvalue weighted by atomic mass is 10.1. The summed E-state index contributed by atoms with van der Waals surface area (Å²) in [7, 11) is 2.75. The molecular formula is C22H24N2O8.